The van der Waals surface area contributed by atoms with Crippen LogP contribution >= 0.6 is 0 Å². The number of hydrogen-bond acceptors (Lipinski definition) is 4. The van der Waals surface area contributed by atoms with Crippen molar-refractivity contribution >= 4 is 17.3 Å². The van der Waals surface area contributed by atoms with Crippen molar-refractivity contribution in [2.45, 2.75) is 19.6 Å². The monoisotopic (exact) mass is 419 g/mol. The number of benzene rings is 3. The summed E-state index contributed by atoms with van der Waals surface area (Å²) in [5.41, 5.74) is 3.72. The van der Waals surface area contributed by atoms with Crippen molar-refractivity contribution in [3.05, 3.63) is 105 Å². The van der Waals surface area contributed by atoms with E-state index in [1.807, 2.05) is 54.6 Å². The Bertz CT molecular complexity index is 1030. The molecule has 0 aliphatic rings. The van der Waals surface area contributed by atoms with Crippen LogP contribution in [0.2, 0.25) is 0 Å². The second-order valence-corrected chi connectivity index (χ2v) is 7.71. The summed E-state index contributed by atoms with van der Waals surface area (Å²) in [4.78, 5) is 24.9. The highest BCUT2D eigenvalue weighted by atomic mass is 16.6. The molecule has 0 heterocycles. The molecule has 1 amide bonds. The topological polar surface area (TPSA) is 88.7 Å². The smallest absolute Gasteiger partial charge is 0.293 e. The van der Waals surface area contributed by atoms with Crippen molar-refractivity contribution in [1.29, 1.82) is 0 Å². The number of nitrogens with one attached hydrogen (secondary N) is 3. The molecule has 3 rings (SSSR count). The number of nitrogens with zero attached hydrogens (tertiary/aromatic N) is 1. The molecule has 31 heavy (non-hydrogen) atoms. The van der Waals surface area contributed by atoms with Gasteiger partial charge < -0.3 is 15.5 Å². The maximum absolute atomic E-state index is 12.5. The zero-order valence-corrected chi connectivity index (χ0v) is 17.7. The molecule has 3 N–H and O–H groups in total. The quantitative estimate of drug-likeness (QED) is 0.368. The lowest BCUT2D eigenvalue weighted by atomic mass is 10.1. The first-order valence-corrected chi connectivity index (χ1v) is 10.1. The highest BCUT2D eigenvalue weighted by Crippen LogP contribution is 2.26. The standard InChI is InChI=1S/C24H26N4O3/c1-27(2)17-20-10-8-19(9-11-20)16-26-24(29)21-12-13-22(23(14-21)28(30)31)25-15-18-6-4-3-5-7-18/h3-14,25H,15-17H2,1-2H3,(H,26,29)/p+1. The number of rotatable bonds is 9. The molecule has 0 atom stereocenters. The summed E-state index contributed by atoms with van der Waals surface area (Å²) in [6.07, 6.45) is 0. The van der Waals surface area contributed by atoms with Gasteiger partial charge in [0.15, 0.2) is 0 Å². The van der Waals surface area contributed by atoms with Gasteiger partial charge in [0.1, 0.15) is 12.2 Å². The molecule has 160 valence electrons. The van der Waals surface area contributed by atoms with Crippen LogP contribution in [0.25, 0.3) is 0 Å². The van der Waals surface area contributed by atoms with E-state index >= 15 is 0 Å². The van der Waals surface area contributed by atoms with Crippen LogP contribution in [0, 0.1) is 10.1 Å². The Morgan fingerprint density at radius 3 is 2.19 bits per heavy atom. The van der Waals surface area contributed by atoms with Crippen LogP contribution in [0.5, 0.6) is 0 Å². The van der Waals surface area contributed by atoms with Gasteiger partial charge in [-0.2, -0.15) is 0 Å². The maximum Gasteiger partial charge on any atom is 0.293 e. The molecule has 0 fully saturated rings. The van der Waals surface area contributed by atoms with Crippen LogP contribution in [0.1, 0.15) is 27.0 Å². The van der Waals surface area contributed by atoms with Crippen LogP contribution in [-0.2, 0) is 19.6 Å². The SMILES string of the molecule is C[NH+](C)Cc1ccc(CNC(=O)c2ccc(NCc3ccccc3)c([N+](=O)[O-])c2)cc1. The van der Waals surface area contributed by atoms with E-state index in [9.17, 15) is 14.9 Å². The minimum Gasteiger partial charge on any atom is -0.375 e. The van der Waals surface area contributed by atoms with Gasteiger partial charge in [0.2, 0.25) is 0 Å². The number of anilines is 1. The summed E-state index contributed by atoms with van der Waals surface area (Å²) in [7, 11) is 4.19. The summed E-state index contributed by atoms with van der Waals surface area (Å²) in [6, 6.07) is 22.2. The van der Waals surface area contributed by atoms with Crippen molar-refractivity contribution in [3.63, 3.8) is 0 Å². The molecule has 0 aromatic heterocycles. The van der Waals surface area contributed by atoms with Gasteiger partial charge in [-0.1, -0.05) is 54.6 Å². The number of quaternary nitrogens is 1. The third-order valence-electron chi connectivity index (χ3n) is 4.82. The van der Waals surface area contributed by atoms with Crippen molar-refractivity contribution in [1.82, 2.24) is 5.32 Å². The molecule has 0 aliphatic carbocycles. The van der Waals surface area contributed by atoms with Gasteiger partial charge >= 0.3 is 0 Å². The third kappa shape index (κ3) is 6.38. The molecule has 0 spiro atoms. The first-order valence-electron chi connectivity index (χ1n) is 10.1. The highest BCUT2D eigenvalue weighted by Gasteiger charge is 2.17. The minimum absolute atomic E-state index is 0.126. The number of nitro benzene ring substituents is 1. The van der Waals surface area contributed by atoms with Crippen molar-refractivity contribution < 1.29 is 14.6 Å². The van der Waals surface area contributed by atoms with E-state index < -0.39 is 4.92 Å². The van der Waals surface area contributed by atoms with E-state index in [1.165, 1.54) is 16.5 Å². The van der Waals surface area contributed by atoms with Gasteiger partial charge in [0, 0.05) is 30.3 Å². The molecular formula is C24H27N4O3+. The molecular weight excluding hydrogens is 392 g/mol. The van der Waals surface area contributed by atoms with Crippen LogP contribution < -0.4 is 15.5 Å². The average Bonchev–Trinajstić information content (AvgIpc) is 2.77. The van der Waals surface area contributed by atoms with E-state index in [0.29, 0.717) is 18.8 Å². The Balaban J connectivity index is 1.64. The minimum atomic E-state index is -0.477. The van der Waals surface area contributed by atoms with Crippen molar-refractivity contribution in [2.75, 3.05) is 19.4 Å². The molecule has 0 unspecified atom stereocenters. The number of carbonyl (C=O) groups excluding carboxylic acids is 1. The van der Waals surface area contributed by atoms with Crippen LogP contribution in [0.4, 0.5) is 11.4 Å². The van der Waals surface area contributed by atoms with E-state index in [0.717, 1.165) is 17.7 Å². The normalized spacial score (nSPS) is 10.7. The third-order valence-corrected chi connectivity index (χ3v) is 4.82. The fraction of sp³-hybridized carbons (Fsp3) is 0.208. The first-order chi connectivity index (χ1) is 14.9. The summed E-state index contributed by atoms with van der Waals surface area (Å²) < 4.78 is 0. The zero-order chi connectivity index (χ0) is 22.2. The van der Waals surface area contributed by atoms with E-state index in [4.69, 9.17) is 0 Å². The Morgan fingerprint density at radius 2 is 1.55 bits per heavy atom. The van der Waals surface area contributed by atoms with Crippen molar-refractivity contribution in [2.24, 2.45) is 0 Å². The van der Waals surface area contributed by atoms with E-state index in [2.05, 4.69) is 24.7 Å². The molecule has 0 saturated carbocycles. The molecule has 3 aromatic carbocycles. The molecule has 7 heteroatoms. The van der Waals surface area contributed by atoms with Crippen LogP contribution in [-0.4, -0.2) is 24.9 Å². The Morgan fingerprint density at radius 1 is 0.903 bits per heavy atom. The number of hydrogen-bond donors (Lipinski definition) is 3. The van der Waals surface area contributed by atoms with Gasteiger partial charge in [-0.25, -0.2) is 0 Å². The largest absolute Gasteiger partial charge is 0.375 e. The molecule has 0 bridgehead atoms. The van der Waals surface area contributed by atoms with Crippen LogP contribution in [0.3, 0.4) is 0 Å². The molecule has 0 aliphatic heterocycles. The second kappa shape index (κ2) is 10.4. The maximum atomic E-state index is 12.5. The lowest BCUT2D eigenvalue weighted by molar-refractivity contribution is -0.872. The zero-order valence-electron chi connectivity index (χ0n) is 17.7. The second-order valence-electron chi connectivity index (χ2n) is 7.71. The summed E-state index contributed by atoms with van der Waals surface area (Å²) in [6.45, 7) is 1.75. The number of amides is 1. The van der Waals surface area contributed by atoms with Gasteiger partial charge in [0.05, 0.1) is 19.0 Å². The first kappa shape index (κ1) is 22.0. The van der Waals surface area contributed by atoms with Gasteiger partial charge in [-0.15, -0.1) is 0 Å². The summed E-state index contributed by atoms with van der Waals surface area (Å²) in [5, 5.41) is 17.4. The Hall–Kier alpha value is -3.71. The van der Waals surface area contributed by atoms with E-state index in [1.54, 1.807) is 12.1 Å². The lowest BCUT2D eigenvalue weighted by Gasteiger charge is -2.10. The van der Waals surface area contributed by atoms with Gasteiger partial charge in [-0.05, 0) is 23.3 Å². The average molecular weight is 420 g/mol. The lowest BCUT2D eigenvalue weighted by Crippen LogP contribution is -3.04. The molecule has 3 aromatic rings. The Kier molecular flexibility index (Phi) is 7.35. The predicted molar refractivity (Wildman–Crippen MR) is 121 cm³/mol. The van der Waals surface area contributed by atoms with E-state index in [-0.39, 0.29) is 17.2 Å². The highest BCUT2D eigenvalue weighted by molar-refractivity contribution is 5.95. The van der Waals surface area contributed by atoms with Gasteiger partial charge in [-0.3, -0.25) is 14.9 Å². The summed E-state index contributed by atoms with van der Waals surface area (Å²) >= 11 is 0. The fourth-order valence-electron chi connectivity index (χ4n) is 3.23. The molecule has 0 radical (unpaired) electrons. The predicted octanol–water partition coefficient (Wildman–Crippen LogP) is 2.78. The van der Waals surface area contributed by atoms with Crippen molar-refractivity contribution in [3.8, 4) is 0 Å². The Labute approximate surface area is 181 Å². The molecule has 0 saturated heterocycles. The van der Waals surface area contributed by atoms with Gasteiger partial charge in [0.25, 0.3) is 11.6 Å². The molecule has 7 nitrogen and oxygen atoms in total. The summed E-state index contributed by atoms with van der Waals surface area (Å²) in [5.74, 6) is -0.348. The van der Waals surface area contributed by atoms with Crippen LogP contribution in [0.15, 0.2) is 72.8 Å². The number of carbonyl (C=O) groups is 1. The number of nitro groups is 1. The fourth-order valence-corrected chi connectivity index (χ4v) is 3.23.